The second kappa shape index (κ2) is 7.27. The number of carboxylic acid groups (broad SMARTS) is 1. The van der Waals surface area contributed by atoms with Crippen molar-refractivity contribution in [1.82, 2.24) is 4.98 Å². The number of allylic oxidation sites excluding steroid dienone is 1. The fraction of sp³-hybridized carbons (Fsp3) is 0.174. The molecule has 1 heterocycles. The summed E-state index contributed by atoms with van der Waals surface area (Å²) < 4.78 is 0. The molecule has 28 heavy (non-hydrogen) atoms. The third kappa shape index (κ3) is 3.39. The Morgan fingerprint density at radius 3 is 2.54 bits per heavy atom. The standard InChI is InChI=1S/C23H20N2O3/c1-14(26)24-17-11-9-15(10-12-17)13-16-5-4-7-19-21(23(27)28)18-6-2-3-8-20(18)25-22(16)19/h2-3,6,8-13H,4-5,7H2,1H3,(H,24,26)(H,27,28)/p-1/b16-13+. The van der Waals surface area contributed by atoms with Gasteiger partial charge in [0.25, 0.3) is 0 Å². The van der Waals surface area contributed by atoms with Gasteiger partial charge in [0.15, 0.2) is 0 Å². The van der Waals surface area contributed by atoms with Crippen molar-refractivity contribution >= 4 is 40.1 Å². The first kappa shape index (κ1) is 17.9. The van der Waals surface area contributed by atoms with Gasteiger partial charge in [-0.3, -0.25) is 4.79 Å². The van der Waals surface area contributed by atoms with E-state index in [1.807, 2.05) is 48.5 Å². The van der Waals surface area contributed by atoms with Crippen molar-refractivity contribution in [1.29, 1.82) is 0 Å². The van der Waals surface area contributed by atoms with E-state index in [4.69, 9.17) is 4.98 Å². The van der Waals surface area contributed by atoms with Gasteiger partial charge in [0.1, 0.15) is 0 Å². The summed E-state index contributed by atoms with van der Waals surface area (Å²) in [7, 11) is 0. The van der Waals surface area contributed by atoms with Crippen LogP contribution in [-0.2, 0) is 11.2 Å². The van der Waals surface area contributed by atoms with Gasteiger partial charge in [-0.25, -0.2) is 4.98 Å². The number of carboxylic acids is 1. The second-order valence-electron chi connectivity index (χ2n) is 6.94. The largest absolute Gasteiger partial charge is 0.545 e. The Morgan fingerprint density at radius 1 is 1.07 bits per heavy atom. The monoisotopic (exact) mass is 371 g/mol. The minimum atomic E-state index is -1.16. The van der Waals surface area contributed by atoms with E-state index in [1.165, 1.54) is 6.92 Å². The van der Waals surface area contributed by atoms with Crippen LogP contribution in [0, 0.1) is 0 Å². The van der Waals surface area contributed by atoms with Crippen LogP contribution >= 0.6 is 0 Å². The predicted molar refractivity (Wildman–Crippen MR) is 108 cm³/mol. The van der Waals surface area contributed by atoms with Gasteiger partial charge in [-0.1, -0.05) is 30.3 Å². The maximum absolute atomic E-state index is 11.9. The molecule has 1 N–H and O–H groups in total. The Bertz CT molecular complexity index is 1110. The van der Waals surface area contributed by atoms with Crippen LogP contribution in [-0.4, -0.2) is 16.9 Å². The van der Waals surface area contributed by atoms with Crippen LogP contribution < -0.4 is 10.4 Å². The van der Waals surface area contributed by atoms with Crippen LogP contribution in [0.1, 0.15) is 46.9 Å². The van der Waals surface area contributed by atoms with Gasteiger partial charge >= 0.3 is 0 Å². The highest BCUT2D eigenvalue weighted by molar-refractivity contribution is 6.05. The number of aromatic carboxylic acids is 1. The van der Waals surface area contributed by atoms with Crippen LogP contribution in [0.2, 0.25) is 0 Å². The molecule has 5 heteroatoms. The van der Waals surface area contributed by atoms with Crippen molar-refractivity contribution in [3.8, 4) is 0 Å². The highest BCUT2D eigenvalue weighted by Gasteiger charge is 2.22. The minimum absolute atomic E-state index is 0.113. The van der Waals surface area contributed by atoms with E-state index in [9.17, 15) is 14.7 Å². The lowest BCUT2D eigenvalue weighted by Gasteiger charge is -2.23. The number of hydrogen-bond donors (Lipinski definition) is 1. The van der Waals surface area contributed by atoms with Gasteiger partial charge in [-0.15, -0.1) is 0 Å². The van der Waals surface area contributed by atoms with Gasteiger partial charge in [0.05, 0.1) is 17.2 Å². The molecule has 0 aliphatic heterocycles. The number of carbonyl (C=O) groups is 2. The lowest BCUT2D eigenvalue weighted by Crippen LogP contribution is -2.26. The number of fused-ring (bicyclic) bond motifs is 2. The van der Waals surface area contributed by atoms with Crippen LogP contribution in [0.25, 0.3) is 22.6 Å². The molecule has 1 amide bonds. The molecule has 1 aliphatic carbocycles. The molecule has 0 bridgehead atoms. The van der Waals surface area contributed by atoms with E-state index in [0.29, 0.717) is 17.3 Å². The number of nitrogens with zero attached hydrogens (tertiary/aromatic N) is 1. The van der Waals surface area contributed by atoms with E-state index in [0.717, 1.165) is 40.9 Å². The first-order valence-corrected chi connectivity index (χ1v) is 9.24. The van der Waals surface area contributed by atoms with Crippen molar-refractivity contribution in [3.63, 3.8) is 0 Å². The molecule has 0 unspecified atom stereocenters. The summed E-state index contributed by atoms with van der Waals surface area (Å²) in [5.74, 6) is -1.27. The first-order chi connectivity index (χ1) is 13.5. The Morgan fingerprint density at radius 2 is 1.82 bits per heavy atom. The highest BCUT2D eigenvalue weighted by Crippen LogP contribution is 2.35. The molecule has 0 fully saturated rings. The van der Waals surface area contributed by atoms with Crippen molar-refractivity contribution in [3.05, 3.63) is 70.9 Å². The molecule has 1 aliphatic rings. The number of aromatic nitrogens is 1. The van der Waals surface area contributed by atoms with E-state index in [-0.39, 0.29) is 11.5 Å². The maximum atomic E-state index is 11.9. The number of amides is 1. The number of nitrogens with one attached hydrogen (secondary N) is 1. The highest BCUT2D eigenvalue weighted by atomic mass is 16.4. The normalized spacial score (nSPS) is 14.7. The first-order valence-electron chi connectivity index (χ1n) is 9.24. The predicted octanol–water partition coefficient (Wildman–Crippen LogP) is 3.43. The summed E-state index contributed by atoms with van der Waals surface area (Å²) in [5, 5.41) is 15.3. The van der Waals surface area contributed by atoms with Crippen LogP contribution in [0.3, 0.4) is 0 Å². The third-order valence-corrected chi connectivity index (χ3v) is 4.95. The number of anilines is 1. The summed E-state index contributed by atoms with van der Waals surface area (Å²) in [6.45, 7) is 1.47. The Balaban J connectivity index is 1.81. The molecule has 0 saturated carbocycles. The third-order valence-electron chi connectivity index (χ3n) is 4.95. The molecule has 0 radical (unpaired) electrons. The quantitative estimate of drug-likeness (QED) is 0.765. The SMILES string of the molecule is CC(=O)Nc1ccc(/C=C2\CCCc3c2nc2ccccc2c3C(=O)[O-])cc1. The van der Waals surface area contributed by atoms with Crippen molar-refractivity contribution in [2.24, 2.45) is 0 Å². The summed E-state index contributed by atoms with van der Waals surface area (Å²) in [6.07, 6.45) is 4.41. The summed E-state index contributed by atoms with van der Waals surface area (Å²) in [5.41, 5.74) is 5.15. The van der Waals surface area contributed by atoms with Crippen molar-refractivity contribution < 1.29 is 14.7 Å². The molecule has 5 nitrogen and oxygen atoms in total. The number of para-hydroxylation sites is 1. The van der Waals surface area contributed by atoms with Gasteiger partial charge < -0.3 is 15.2 Å². The van der Waals surface area contributed by atoms with Crippen LogP contribution in [0.5, 0.6) is 0 Å². The van der Waals surface area contributed by atoms with E-state index < -0.39 is 5.97 Å². The number of hydrogen-bond acceptors (Lipinski definition) is 4. The van der Waals surface area contributed by atoms with Crippen LogP contribution in [0.4, 0.5) is 5.69 Å². The fourth-order valence-corrected chi connectivity index (χ4v) is 3.78. The second-order valence-corrected chi connectivity index (χ2v) is 6.94. The molecular weight excluding hydrogens is 352 g/mol. The minimum Gasteiger partial charge on any atom is -0.545 e. The fourth-order valence-electron chi connectivity index (χ4n) is 3.78. The Labute approximate surface area is 162 Å². The van der Waals surface area contributed by atoms with Gasteiger partial charge in [0.2, 0.25) is 5.91 Å². The smallest absolute Gasteiger partial charge is 0.221 e. The lowest BCUT2D eigenvalue weighted by atomic mass is 9.86. The molecular formula is C23H19N2O3-. The lowest BCUT2D eigenvalue weighted by molar-refractivity contribution is -0.254. The molecule has 0 spiro atoms. The zero-order chi connectivity index (χ0) is 19.7. The average molecular weight is 371 g/mol. The van der Waals surface area contributed by atoms with Crippen LogP contribution in [0.15, 0.2) is 48.5 Å². The number of carbonyl (C=O) groups excluding carboxylic acids is 2. The van der Waals surface area contributed by atoms with E-state index in [1.54, 1.807) is 6.07 Å². The molecule has 140 valence electrons. The van der Waals surface area contributed by atoms with Crippen molar-refractivity contribution in [2.45, 2.75) is 26.2 Å². The summed E-state index contributed by atoms with van der Waals surface area (Å²) in [6, 6.07) is 14.8. The summed E-state index contributed by atoms with van der Waals surface area (Å²) in [4.78, 5) is 27.8. The molecule has 3 aromatic rings. The zero-order valence-electron chi connectivity index (χ0n) is 15.5. The van der Waals surface area contributed by atoms with Gasteiger partial charge in [-0.05, 0) is 60.2 Å². The van der Waals surface area contributed by atoms with E-state index >= 15 is 0 Å². The number of rotatable bonds is 3. The van der Waals surface area contributed by atoms with Crippen molar-refractivity contribution in [2.75, 3.05) is 5.32 Å². The number of pyridine rings is 1. The Hall–Kier alpha value is -3.47. The van der Waals surface area contributed by atoms with E-state index in [2.05, 4.69) is 5.32 Å². The van der Waals surface area contributed by atoms with Gasteiger partial charge in [-0.2, -0.15) is 0 Å². The van der Waals surface area contributed by atoms with Gasteiger partial charge in [0, 0.05) is 23.6 Å². The number of benzene rings is 2. The molecule has 0 atom stereocenters. The average Bonchev–Trinajstić information content (AvgIpc) is 2.67. The molecule has 4 rings (SSSR count). The maximum Gasteiger partial charge on any atom is 0.221 e. The molecule has 1 aromatic heterocycles. The molecule has 0 saturated heterocycles. The topological polar surface area (TPSA) is 82.1 Å². The zero-order valence-corrected chi connectivity index (χ0v) is 15.5. The Kier molecular flexibility index (Phi) is 4.65. The molecule has 2 aromatic carbocycles. The summed E-state index contributed by atoms with van der Waals surface area (Å²) >= 11 is 0.